The van der Waals surface area contributed by atoms with Crippen LogP contribution in [0, 0.1) is 0 Å². The van der Waals surface area contributed by atoms with Gasteiger partial charge in [0.15, 0.2) is 0 Å². The van der Waals surface area contributed by atoms with Crippen molar-refractivity contribution in [1.29, 1.82) is 0 Å². The Labute approximate surface area is 110 Å². The van der Waals surface area contributed by atoms with Gasteiger partial charge in [0.25, 0.3) is 0 Å². The molecule has 1 atom stereocenters. The first-order valence-corrected chi connectivity index (χ1v) is 7.58. The monoisotopic (exact) mass is 241 g/mol. The number of unbranched alkanes of at least 4 members (excludes halogenated alkanes) is 6. The molecule has 0 fully saturated rings. The van der Waals surface area contributed by atoms with E-state index in [4.69, 9.17) is 0 Å². The van der Waals surface area contributed by atoms with E-state index in [1.807, 2.05) is 20.8 Å². The van der Waals surface area contributed by atoms with Crippen LogP contribution in [-0.2, 0) is 0 Å². The maximum atomic E-state index is 3.86. The van der Waals surface area contributed by atoms with Gasteiger partial charge < -0.3 is 5.32 Å². The lowest BCUT2D eigenvalue weighted by Crippen LogP contribution is -2.23. The van der Waals surface area contributed by atoms with Crippen LogP contribution >= 0.6 is 0 Å². The van der Waals surface area contributed by atoms with Crippen LogP contribution in [0.25, 0.3) is 0 Å². The highest BCUT2D eigenvalue weighted by Gasteiger charge is 1.99. The highest BCUT2D eigenvalue weighted by atomic mass is 14.9. The van der Waals surface area contributed by atoms with Gasteiger partial charge in [-0.2, -0.15) is 0 Å². The molecule has 104 valence electrons. The fourth-order valence-electron chi connectivity index (χ4n) is 1.90. The molecule has 17 heavy (non-hydrogen) atoms. The SMILES string of the molecule is C=C(C)NC(C)CCCCCCCCC.CC. The summed E-state index contributed by atoms with van der Waals surface area (Å²) in [6.07, 6.45) is 11.1. The van der Waals surface area contributed by atoms with Crippen molar-refractivity contribution in [3.05, 3.63) is 12.3 Å². The number of hydrogen-bond donors (Lipinski definition) is 1. The van der Waals surface area contributed by atoms with Crippen LogP contribution < -0.4 is 5.32 Å². The molecule has 0 amide bonds. The Hall–Kier alpha value is -0.460. The van der Waals surface area contributed by atoms with Crippen molar-refractivity contribution in [2.24, 2.45) is 0 Å². The van der Waals surface area contributed by atoms with Gasteiger partial charge in [-0.1, -0.05) is 72.3 Å². The lowest BCUT2D eigenvalue weighted by molar-refractivity contribution is 0.509. The Balaban J connectivity index is 0. The van der Waals surface area contributed by atoms with Crippen LogP contribution in [0.2, 0.25) is 0 Å². The van der Waals surface area contributed by atoms with E-state index < -0.39 is 0 Å². The Morgan fingerprint density at radius 2 is 1.47 bits per heavy atom. The first kappa shape index (κ1) is 18.9. The van der Waals surface area contributed by atoms with Gasteiger partial charge in [0.1, 0.15) is 0 Å². The van der Waals surface area contributed by atoms with Gasteiger partial charge in [-0.05, 0) is 20.3 Å². The molecule has 0 saturated heterocycles. The summed E-state index contributed by atoms with van der Waals surface area (Å²) in [6, 6.07) is 0.596. The van der Waals surface area contributed by atoms with E-state index in [0.29, 0.717) is 6.04 Å². The van der Waals surface area contributed by atoms with Crippen molar-refractivity contribution in [3.8, 4) is 0 Å². The highest BCUT2D eigenvalue weighted by molar-refractivity contribution is 4.86. The van der Waals surface area contributed by atoms with Crippen LogP contribution in [0.4, 0.5) is 0 Å². The van der Waals surface area contributed by atoms with Crippen molar-refractivity contribution >= 4 is 0 Å². The summed E-state index contributed by atoms with van der Waals surface area (Å²) in [7, 11) is 0. The van der Waals surface area contributed by atoms with E-state index in [1.54, 1.807) is 0 Å². The molecule has 1 nitrogen and oxygen atoms in total. The molecule has 0 aliphatic rings. The van der Waals surface area contributed by atoms with Gasteiger partial charge in [-0.15, -0.1) is 0 Å². The predicted molar refractivity (Wildman–Crippen MR) is 81.4 cm³/mol. The minimum absolute atomic E-state index is 0.596. The first-order valence-electron chi connectivity index (χ1n) is 7.58. The van der Waals surface area contributed by atoms with Crippen LogP contribution in [0.1, 0.15) is 86.0 Å². The molecule has 1 N–H and O–H groups in total. The molecular weight excluding hydrogens is 206 g/mol. The zero-order chi connectivity index (χ0) is 13.5. The van der Waals surface area contributed by atoms with Crippen molar-refractivity contribution < 1.29 is 0 Å². The lowest BCUT2D eigenvalue weighted by atomic mass is 10.1. The van der Waals surface area contributed by atoms with E-state index in [9.17, 15) is 0 Å². The second-order valence-corrected chi connectivity index (χ2v) is 4.74. The topological polar surface area (TPSA) is 12.0 Å². The lowest BCUT2D eigenvalue weighted by Gasteiger charge is -2.14. The zero-order valence-corrected chi connectivity index (χ0v) is 12.9. The molecule has 0 saturated carbocycles. The molecule has 0 spiro atoms. The molecule has 0 aromatic carbocycles. The predicted octanol–water partition coefficient (Wildman–Crippen LogP) is 5.67. The van der Waals surface area contributed by atoms with Gasteiger partial charge in [0.05, 0.1) is 0 Å². The van der Waals surface area contributed by atoms with E-state index in [-0.39, 0.29) is 0 Å². The minimum Gasteiger partial charge on any atom is -0.387 e. The average Bonchev–Trinajstić information content (AvgIpc) is 2.29. The maximum absolute atomic E-state index is 3.86. The summed E-state index contributed by atoms with van der Waals surface area (Å²) in [6.45, 7) is 14.4. The van der Waals surface area contributed by atoms with Crippen LogP contribution in [-0.4, -0.2) is 6.04 Å². The van der Waals surface area contributed by atoms with Crippen molar-refractivity contribution in [2.45, 2.75) is 92.0 Å². The Bertz CT molecular complexity index is 152. The summed E-state index contributed by atoms with van der Waals surface area (Å²) in [4.78, 5) is 0. The summed E-state index contributed by atoms with van der Waals surface area (Å²) in [5.74, 6) is 0. The minimum atomic E-state index is 0.596. The fraction of sp³-hybridized carbons (Fsp3) is 0.875. The molecule has 0 aliphatic carbocycles. The van der Waals surface area contributed by atoms with Crippen molar-refractivity contribution in [2.75, 3.05) is 0 Å². The molecule has 0 heterocycles. The smallest absolute Gasteiger partial charge is 0.0229 e. The number of rotatable bonds is 10. The van der Waals surface area contributed by atoms with E-state index >= 15 is 0 Å². The van der Waals surface area contributed by atoms with Gasteiger partial charge in [-0.3, -0.25) is 0 Å². The highest BCUT2D eigenvalue weighted by Crippen LogP contribution is 2.09. The van der Waals surface area contributed by atoms with E-state index in [2.05, 4.69) is 25.7 Å². The van der Waals surface area contributed by atoms with Gasteiger partial charge in [0.2, 0.25) is 0 Å². The third-order valence-corrected chi connectivity index (χ3v) is 2.73. The maximum Gasteiger partial charge on any atom is 0.0229 e. The average molecular weight is 241 g/mol. The number of allylic oxidation sites excluding steroid dienone is 1. The Morgan fingerprint density at radius 1 is 1.00 bits per heavy atom. The molecule has 0 bridgehead atoms. The van der Waals surface area contributed by atoms with E-state index in [1.165, 1.54) is 51.4 Å². The molecule has 0 aromatic rings. The van der Waals surface area contributed by atoms with Gasteiger partial charge in [-0.25, -0.2) is 0 Å². The second-order valence-electron chi connectivity index (χ2n) is 4.74. The molecular formula is C16H35N. The van der Waals surface area contributed by atoms with Crippen molar-refractivity contribution in [3.63, 3.8) is 0 Å². The standard InChI is InChI=1S/C14H29N.C2H6/c1-5-6-7-8-9-10-11-12-14(4)15-13(2)3;1-2/h14-15H,2,5-12H2,1,3-4H3;1-2H3. The fourth-order valence-corrected chi connectivity index (χ4v) is 1.90. The normalized spacial score (nSPS) is 11.4. The molecule has 1 heteroatoms. The summed E-state index contributed by atoms with van der Waals surface area (Å²) in [5, 5.41) is 3.36. The second kappa shape index (κ2) is 15.5. The summed E-state index contributed by atoms with van der Waals surface area (Å²) < 4.78 is 0. The van der Waals surface area contributed by atoms with Crippen LogP contribution in [0.15, 0.2) is 12.3 Å². The van der Waals surface area contributed by atoms with Crippen LogP contribution in [0.5, 0.6) is 0 Å². The Kier molecular flexibility index (Phi) is 17.3. The molecule has 0 aliphatic heterocycles. The van der Waals surface area contributed by atoms with Crippen molar-refractivity contribution in [1.82, 2.24) is 5.32 Å². The molecule has 0 rings (SSSR count). The van der Waals surface area contributed by atoms with E-state index in [0.717, 1.165) is 5.70 Å². The van der Waals surface area contributed by atoms with Gasteiger partial charge >= 0.3 is 0 Å². The van der Waals surface area contributed by atoms with Gasteiger partial charge in [0, 0.05) is 11.7 Å². The quantitative estimate of drug-likeness (QED) is 0.486. The third kappa shape index (κ3) is 18.1. The molecule has 1 unspecified atom stereocenters. The largest absolute Gasteiger partial charge is 0.387 e. The molecule has 0 radical (unpaired) electrons. The first-order chi connectivity index (χ1) is 8.16. The summed E-state index contributed by atoms with van der Waals surface area (Å²) in [5.41, 5.74) is 1.09. The zero-order valence-electron chi connectivity index (χ0n) is 12.9. The summed E-state index contributed by atoms with van der Waals surface area (Å²) >= 11 is 0. The molecule has 0 aromatic heterocycles. The Morgan fingerprint density at radius 3 is 1.94 bits per heavy atom. The number of hydrogen-bond acceptors (Lipinski definition) is 1. The third-order valence-electron chi connectivity index (χ3n) is 2.73. The van der Waals surface area contributed by atoms with Crippen LogP contribution in [0.3, 0.4) is 0 Å². The number of nitrogens with one attached hydrogen (secondary N) is 1.